The average Bonchev–Trinajstić information content (AvgIpc) is 3.33. The summed E-state index contributed by atoms with van der Waals surface area (Å²) in [5.74, 6) is 0.0898. The molecule has 1 amide bonds. The van der Waals surface area contributed by atoms with Crippen molar-refractivity contribution >= 4 is 28.1 Å². The second-order valence-corrected chi connectivity index (χ2v) is 7.41. The Morgan fingerprint density at radius 3 is 2.65 bits per heavy atom. The van der Waals surface area contributed by atoms with Gasteiger partial charge in [-0.05, 0) is 42.1 Å². The van der Waals surface area contributed by atoms with Crippen molar-refractivity contribution in [3.63, 3.8) is 0 Å². The SMILES string of the molecule is Cc1ccc(C(=O)NC[C@@H](c2cccs2)c2c[nH]c3ccccc23)cc1. The molecule has 0 fully saturated rings. The first-order valence-electron chi connectivity index (χ1n) is 8.66. The van der Waals surface area contributed by atoms with Gasteiger partial charge in [0.05, 0.1) is 0 Å². The standard InChI is InChI=1S/C22H20N2OS/c1-15-8-10-16(11-9-15)22(25)24-14-19(21-7-4-12-26-21)18-13-23-20-6-3-2-5-17(18)20/h2-13,19,23H,14H2,1H3,(H,24,25)/t19-/m1/s1. The molecule has 0 unspecified atom stereocenters. The Hall–Kier alpha value is -2.85. The molecule has 130 valence electrons. The molecular weight excluding hydrogens is 340 g/mol. The van der Waals surface area contributed by atoms with Crippen LogP contribution in [-0.2, 0) is 0 Å². The summed E-state index contributed by atoms with van der Waals surface area (Å²) in [6.07, 6.45) is 2.06. The first-order valence-corrected chi connectivity index (χ1v) is 9.54. The van der Waals surface area contributed by atoms with Crippen LogP contribution in [0, 0.1) is 6.92 Å². The van der Waals surface area contributed by atoms with Crippen LogP contribution in [0.1, 0.15) is 32.3 Å². The number of H-pyrrole nitrogens is 1. The fourth-order valence-electron chi connectivity index (χ4n) is 3.24. The molecule has 4 heteroatoms. The van der Waals surface area contributed by atoms with Gasteiger partial charge in [0, 0.05) is 40.0 Å². The number of fused-ring (bicyclic) bond motifs is 1. The smallest absolute Gasteiger partial charge is 0.251 e. The lowest BCUT2D eigenvalue weighted by molar-refractivity contribution is 0.0952. The molecule has 0 spiro atoms. The van der Waals surface area contributed by atoms with Crippen LogP contribution in [0.3, 0.4) is 0 Å². The molecule has 2 N–H and O–H groups in total. The number of aromatic amines is 1. The van der Waals surface area contributed by atoms with Gasteiger partial charge in [0.2, 0.25) is 0 Å². The third-order valence-electron chi connectivity index (χ3n) is 4.66. The molecular formula is C22H20N2OS. The quantitative estimate of drug-likeness (QED) is 0.511. The molecule has 0 saturated heterocycles. The summed E-state index contributed by atoms with van der Waals surface area (Å²) in [5.41, 5.74) is 4.18. The molecule has 0 aliphatic carbocycles. The number of benzene rings is 2. The molecule has 0 radical (unpaired) electrons. The zero-order valence-corrected chi connectivity index (χ0v) is 15.3. The Kier molecular flexibility index (Phi) is 4.59. The number of thiophene rings is 1. The number of amides is 1. The molecule has 2 aromatic carbocycles. The number of hydrogen-bond donors (Lipinski definition) is 2. The zero-order valence-electron chi connectivity index (χ0n) is 14.5. The molecule has 3 nitrogen and oxygen atoms in total. The van der Waals surface area contributed by atoms with Crippen molar-refractivity contribution in [1.29, 1.82) is 0 Å². The van der Waals surface area contributed by atoms with E-state index in [2.05, 4.69) is 52.2 Å². The number of para-hydroxylation sites is 1. The van der Waals surface area contributed by atoms with Gasteiger partial charge < -0.3 is 10.3 Å². The first kappa shape index (κ1) is 16.6. The van der Waals surface area contributed by atoms with Crippen molar-refractivity contribution in [1.82, 2.24) is 10.3 Å². The first-order chi connectivity index (χ1) is 12.7. The minimum atomic E-state index is -0.0357. The zero-order chi connectivity index (χ0) is 17.9. The van der Waals surface area contributed by atoms with E-state index < -0.39 is 0 Å². The van der Waals surface area contributed by atoms with Crippen LogP contribution in [0.2, 0.25) is 0 Å². The highest BCUT2D eigenvalue weighted by molar-refractivity contribution is 7.10. The van der Waals surface area contributed by atoms with E-state index in [4.69, 9.17) is 0 Å². The fourth-order valence-corrected chi connectivity index (χ4v) is 4.08. The van der Waals surface area contributed by atoms with Crippen LogP contribution in [0.5, 0.6) is 0 Å². The van der Waals surface area contributed by atoms with Crippen LogP contribution >= 0.6 is 11.3 Å². The second kappa shape index (κ2) is 7.18. The van der Waals surface area contributed by atoms with E-state index in [0.29, 0.717) is 12.1 Å². The normalized spacial score (nSPS) is 12.2. The highest BCUT2D eigenvalue weighted by atomic mass is 32.1. The molecule has 2 heterocycles. The molecule has 26 heavy (non-hydrogen) atoms. The lowest BCUT2D eigenvalue weighted by Gasteiger charge is -2.16. The maximum atomic E-state index is 12.5. The van der Waals surface area contributed by atoms with Crippen molar-refractivity contribution < 1.29 is 4.79 Å². The van der Waals surface area contributed by atoms with Gasteiger partial charge in [0.15, 0.2) is 0 Å². The maximum Gasteiger partial charge on any atom is 0.251 e. The largest absolute Gasteiger partial charge is 0.361 e. The van der Waals surface area contributed by atoms with E-state index in [-0.39, 0.29) is 11.8 Å². The average molecular weight is 360 g/mol. The Balaban J connectivity index is 1.61. The van der Waals surface area contributed by atoms with Crippen molar-refractivity contribution in [2.45, 2.75) is 12.8 Å². The van der Waals surface area contributed by atoms with Gasteiger partial charge >= 0.3 is 0 Å². The van der Waals surface area contributed by atoms with E-state index in [1.54, 1.807) is 11.3 Å². The van der Waals surface area contributed by atoms with Crippen LogP contribution < -0.4 is 5.32 Å². The fraction of sp³-hybridized carbons (Fsp3) is 0.136. The molecule has 0 aliphatic rings. The predicted molar refractivity (Wildman–Crippen MR) is 108 cm³/mol. The maximum absolute atomic E-state index is 12.5. The third-order valence-corrected chi connectivity index (χ3v) is 5.65. The van der Waals surface area contributed by atoms with Crippen molar-refractivity contribution in [2.75, 3.05) is 6.54 Å². The summed E-state index contributed by atoms with van der Waals surface area (Å²) >= 11 is 1.72. The summed E-state index contributed by atoms with van der Waals surface area (Å²) in [6, 6.07) is 20.2. The van der Waals surface area contributed by atoms with E-state index >= 15 is 0 Å². The predicted octanol–water partition coefficient (Wildman–Crippen LogP) is 5.10. The number of aromatic nitrogens is 1. The Morgan fingerprint density at radius 1 is 1.08 bits per heavy atom. The molecule has 2 aromatic heterocycles. The molecule has 0 bridgehead atoms. The molecule has 0 aliphatic heterocycles. The van der Waals surface area contributed by atoms with Crippen molar-refractivity contribution in [3.8, 4) is 0 Å². The van der Waals surface area contributed by atoms with E-state index in [1.807, 2.05) is 37.3 Å². The highest BCUT2D eigenvalue weighted by Gasteiger charge is 2.20. The number of hydrogen-bond acceptors (Lipinski definition) is 2. The number of nitrogens with one attached hydrogen (secondary N) is 2. The van der Waals surface area contributed by atoms with Crippen LogP contribution in [0.25, 0.3) is 10.9 Å². The second-order valence-electron chi connectivity index (χ2n) is 6.43. The number of aryl methyl sites for hydroxylation is 1. The monoisotopic (exact) mass is 360 g/mol. The molecule has 0 saturated carbocycles. The summed E-state index contributed by atoms with van der Waals surface area (Å²) in [4.78, 5) is 17.1. The van der Waals surface area contributed by atoms with Crippen molar-refractivity contribution in [3.05, 3.63) is 93.8 Å². The summed E-state index contributed by atoms with van der Waals surface area (Å²) in [7, 11) is 0. The Morgan fingerprint density at radius 2 is 1.88 bits per heavy atom. The Bertz CT molecular complexity index is 1020. The van der Waals surface area contributed by atoms with Crippen LogP contribution in [0.15, 0.2) is 72.2 Å². The van der Waals surface area contributed by atoms with Crippen LogP contribution in [0.4, 0.5) is 0 Å². The van der Waals surface area contributed by atoms with Crippen molar-refractivity contribution in [2.24, 2.45) is 0 Å². The van der Waals surface area contributed by atoms with Gasteiger partial charge in [-0.3, -0.25) is 4.79 Å². The van der Waals surface area contributed by atoms with Crippen LogP contribution in [-0.4, -0.2) is 17.4 Å². The number of carbonyl (C=O) groups excluding carboxylic acids is 1. The summed E-state index contributed by atoms with van der Waals surface area (Å²) in [5, 5.41) is 6.40. The number of carbonyl (C=O) groups is 1. The van der Waals surface area contributed by atoms with Gasteiger partial charge in [-0.25, -0.2) is 0 Å². The van der Waals surface area contributed by atoms with Gasteiger partial charge in [0.1, 0.15) is 0 Å². The number of rotatable bonds is 5. The van der Waals surface area contributed by atoms with E-state index in [9.17, 15) is 4.79 Å². The van der Waals surface area contributed by atoms with Gasteiger partial charge in [0.25, 0.3) is 5.91 Å². The van der Waals surface area contributed by atoms with E-state index in [1.165, 1.54) is 15.8 Å². The summed E-state index contributed by atoms with van der Waals surface area (Å²) in [6.45, 7) is 2.58. The molecule has 4 aromatic rings. The minimum absolute atomic E-state index is 0.0357. The topological polar surface area (TPSA) is 44.9 Å². The third kappa shape index (κ3) is 3.28. The van der Waals surface area contributed by atoms with Gasteiger partial charge in [-0.1, -0.05) is 42.0 Å². The molecule has 4 rings (SSSR count). The summed E-state index contributed by atoms with van der Waals surface area (Å²) < 4.78 is 0. The lowest BCUT2D eigenvalue weighted by Crippen LogP contribution is -2.28. The Labute approximate surface area is 156 Å². The minimum Gasteiger partial charge on any atom is -0.361 e. The van der Waals surface area contributed by atoms with Gasteiger partial charge in [-0.15, -0.1) is 11.3 Å². The highest BCUT2D eigenvalue weighted by Crippen LogP contribution is 2.32. The lowest BCUT2D eigenvalue weighted by atomic mass is 9.96. The van der Waals surface area contributed by atoms with E-state index in [0.717, 1.165) is 11.1 Å². The van der Waals surface area contributed by atoms with Gasteiger partial charge in [-0.2, -0.15) is 0 Å². The molecule has 1 atom stereocenters.